The van der Waals surface area contributed by atoms with Gasteiger partial charge >= 0.3 is 0 Å². The molecule has 3 rings (SSSR count). The minimum absolute atomic E-state index is 0. The first-order chi connectivity index (χ1) is 11.4. The summed E-state index contributed by atoms with van der Waals surface area (Å²) in [5.41, 5.74) is 2.65. The third kappa shape index (κ3) is 10.2. The first-order valence-electron chi connectivity index (χ1n) is 7.11. The van der Waals surface area contributed by atoms with E-state index in [0.717, 1.165) is 31.8 Å². The molecule has 0 atom stereocenters. The maximum Gasteiger partial charge on any atom is 0.0438 e. The van der Waals surface area contributed by atoms with E-state index in [-0.39, 0.29) is 25.3 Å². The van der Waals surface area contributed by atoms with E-state index in [1.807, 2.05) is 73.9 Å². The maximum absolute atomic E-state index is 5.65. The molecule has 25 heavy (non-hydrogen) atoms. The molecule has 0 bridgehead atoms. The summed E-state index contributed by atoms with van der Waals surface area (Å²) in [7, 11) is 0. The average molecular weight is 497 g/mol. The fourth-order valence-corrected chi connectivity index (χ4v) is 1.90. The topological polar surface area (TPSA) is 0 Å². The summed E-state index contributed by atoms with van der Waals surface area (Å²) in [5.74, 6) is 0. The SMILES string of the molecule is C=C1[CH]C=CC=C1Cl.C=C1[CH]C=CC=C1Cl.C=C1[CH]C=CC=C1Cl.[HH].[Sn]. The first-order valence-corrected chi connectivity index (χ1v) is 8.24. The molecule has 0 aromatic carbocycles. The van der Waals surface area contributed by atoms with Crippen LogP contribution < -0.4 is 0 Å². The molecule has 0 N–H and O–H groups in total. The van der Waals surface area contributed by atoms with E-state index in [1.165, 1.54) is 0 Å². The van der Waals surface area contributed by atoms with E-state index >= 15 is 0 Å². The molecule has 0 heterocycles. The fourth-order valence-electron chi connectivity index (χ4n) is 1.50. The molecular formula is C21H20Cl3Sn. The molecule has 129 valence electrons. The van der Waals surface area contributed by atoms with Gasteiger partial charge in [0.2, 0.25) is 0 Å². The van der Waals surface area contributed by atoms with E-state index in [2.05, 4.69) is 19.7 Å². The number of hydrogen-bond donors (Lipinski definition) is 0. The number of allylic oxidation sites excluding steroid dienone is 15. The molecular weight excluding hydrogens is 477 g/mol. The van der Waals surface area contributed by atoms with Gasteiger partial charge in [0, 0.05) is 59.7 Å². The molecule has 0 saturated carbocycles. The molecule has 0 aromatic heterocycles. The molecule has 3 aliphatic rings. The van der Waals surface area contributed by atoms with Crippen LogP contribution in [0.15, 0.2) is 106 Å². The Bertz CT molecular complexity index is 597. The summed E-state index contributed by atoms with van der Waals surface area (Å²) in [4.78, 5) is 0. The Labute approximate surface area is 184 Å². The van der Waals surface area contributed by atoms with Crippen LogP contribution in [0.2, 0.25) is 0 Å². The molecule has 0 fully saturated rings. The van der Waals surface area contributed by atoms with Crippen LogP contribution in [-0.2, 0) is 0 Å². The molecule has 0 aliphatic heterocycles. The molecule has 4 heteroatoms. The molecule has 0 aromatic rings. The predicted octanol–water partition coefficient (Wildman–Crippen LogP) is 7.18. The summed E-state index contributed by atoms with van der Waals surface area (Å²) in [6.45, 7) is 11.1. The Morgan fingerprint density at radius 3 is 0.880 bits per heavy atom. The molecule has 0 unspecified atom stereocenters. The van der Waals surface area contributed by atoms with Crippen molar-refractivity contribution in [1.29, 1.82) is 0 Å². The third-order valence-corrected chi connectivity index (χ3v) is 3.98. The number of hydrogen-bond acceptors (Lipinski definition) is 0. The van der Waals surface area contributed by atoms with Crippen LogP contribution in [0.1, 0.15) is 1.43 Å². The van der Waals surface area contributed by atoms with Crippen LogP contribution in [0.4, 0.5) is 0 Å². The smallest absolute Gasteiger partial charge is 0.0438 e. The Morgan fingerprint density at radius 1 is 0.520 bits per heavy atom. The van der Waals surface area contributed by atoms with E-state index in [9.17, 15) is 0 Å². The van der Waals surface area contributed by atoms with Crippen molar-refractivity contribution in [3.05, 3.63) is 125 Å². The second-order valence-electron chi connectivity index (χ2n) is 4.77. The average Bonchev–Trinajstić information content (AvgIpc) is 2.57. The summed E-state index contributed by atoms with van der Waals surface area (Å²) in [6, 6.07) is 0. The van der Waals surface area contributed by atoms with Gasteiger partial charge in [0.15, 0.2) is 0 Å². The zero-order valence-electron chi connectivity index (χ0n) is 13.7. The van der Waals surface area contributed by atoms with Gasteiger partial charge in [-0.2, -0.15) is 0 Å². The number of halogens is 3. The van der Waals surface area contributed by atoms with Gasteiger partial charge < -0.3 is 0 Å². The zero-order valence-corrected chi connectivity index (χ0v) is 18.8. The van der Waals surface area contributed by atoms with Gasteiger partial charge in [0.25, 0.3) is 0 Å². The van der Waals surface area contributed by atoms with Crippen LogP contribution in [0.25, 0.3) is 0 Å². The molecule has 0 amide bonds. The minimum Gasteiger partial charge on any atom is -0.0937 e. The van der Waals surface area contributed by atoms with Crippen molar-refractivity contribution in [1.82, 2.24) is 0 Å². The summed E-state index contributed by atoms with van der Waals surface area (Å²) in [6.07, 6.45) is 22.5. The standard InChI is InChI=1S/3C7H6Cl.Sn.H2/c3*1-6-4-2-3-5-7(6)8;;/h3*2-5H,1H2;;1H. The second kappa shape index (κ2) is 13.5. The maximum atomic E-state index is 5.65. The van der Waals surface area contributed by atoms with Gasteiger partial charge in [0.1, 0.15) is 0 Å². The summed E-state index contributed by atoms with van der Waals surface area (Å²) < 4.78 is 0. The van der Waals surface area contributed by atoms with Crippen molar-refractivity contribution in [2.75, 3.05) is 0 Å². The Morgan fingerprint density at radius 2 is 0.760 bits per heavy atom. The van der Waals surface area contributed by atoms with Crippen molar-refractivity contribution in [3.63, 3.8) is 0 Å². The Hall–Kier alpha value is -0.671. The molecule has 7 radical (unpaired) electrons. The number of rotatable bonds is 0. The van der Waals surface area contributed by atoms with E-state index in [4.69, 9.17) is 34.8 Å². The zero-order chi connectivity index (χ0) is 17.9. The summed E-state index contributed by atoms with van der Waals surface area (Å²) in [5, 5.41) is 2.19. The van der Waals surface area contributed by atoms with Crippen LogP contribution in [0.3, 0.4) is 0 Å². The van der Waals surface area contributed by atoms with E-state index < -0.39 is 0 Å². The third-order valence-electron chi connectivity index (χ3n) is 2.87. The molecule has 0 spiro atoms. The van der Waals surface area contributed by atoms with Crippen LogP contribution in [-0.4, -0.2) is 23.9 Å². The minimum atomic E-state index is 0. The Balaban J connectivity index is 0. The Kier molecular flexibility index (Phi) is 13.2. The van der Waals surface area contributed by atoms with Gasteiger partial charge in [-0.05, 0) is 34.9 Å². The molecule has 3 aliphatic carbocycles. The van der Waals surface area contributed by atoms with E-state index in [0.29, 0.717) is 0 Å². The largest absolute Gasteiger partial charge is 0.0937 e. The van der Waals surface area contributed by atoms with Gasteiger partial charge in [-0.25, -0.2) is 0 Å². The van der Waals surface area contributed by atoms with Gasteiger partial charge in [-0.15, -0.1) is 0 Å². The fraction of sp³-hybridized carbons (Fsp3) is 0. The van der Waals surface area contributed by atoms with Gasteiger partial charge in [0.05, 0.1) is 0 Å². The summed E-state index contributed by atoms with van der Waals surface area (Å²) >= 11 is 16.9. The normalized spacial score (nSPS) is 17.9. The van der Waals surface area contributed by atoms with Crippen LogP contribution in [0.5, 0.6) is 0 Å². The van der Waals surface area contributed by atoms with Crippen LogP contribution in [0, 0.1) is 19.3 Å². The quantitative estimate of drug-likeness (QED) is 0.311. The van der Waals surface area contributed by atoms with Gasteiger partial charge in [-0.1, -0.05) is 91.0 Å². The monoisotopic (exact) mass is 497 g/mol. The van der Waals surface area contributed by atoms with Crippen molar-refractivity contribution >= 4 is 58.7 Å². The van der Waals surface area contributed by atoms with Crippen LogP contribution >= 0.6 is 34.8 Å². The van der Waals surface area contributed by atoms with Crippen molar-refractivity contribution < 1.29 is 1.43 Å². The van der Waals surface area contributed by atoms with Crippen molar-refractivity contribution in [3.8, 4) is 0 Å². The van der Waals surface area contributed by atoms with Crippen molar-refractivity contribution in [2.45, 2.75) is 0 Å². The predicted molar refractivity (Wildman–Crippen MR) is 117 cm³/mol. The molecule has 0 nitrogen and oxygen atoms in total. The van der Waals surface area contributed by atoms with Crippen molar-refractivity contribution in [2.24, 2.45) is 0 Å². The van der Waals surface area contributed by atoms with Gasteiger partial charge in [-0.3, -0.25) is 0 Å². The molecule has 0 saturated heterocycles. The first kappa shape index (κ1) is 24.3. The second-order valence-corrected chi connectivity index (χ2v) is 6.00. The van der Waals surface area contributed by atoms with E-state index in [1.54, 1.807) is 0 Å².